The molecule has 1 unspecified atom stereocenters. The maximum Gasteiger partial charge on any atom is 0.336 e. The summed E-state index contributed by atoms with van der Waals surface area (Å²) in [6, 6.07) is 9.00. The highest BCUT2D eigenvalue weighted by molar-refractivity contribution is 6.30. The first-order valence-electron chi connectivity index (χ1n) is 6.73. The topological polar surface area (TPSA) is 68.7 Å². The lowest BCUT2D eigenvalue weighted by Crippen LogP contribution is -2.12. The van der Waals surface area contributed by atoms with Crippen molar-refractivity contribution in [3.8, 4) is 16.9 Å². The Hall–Kier alpha value is -2.37. The van der Waals surface area contributed by atoms with Crippen LogP contribution in [0.3, 0.4) is 0 Å². The number of esters is 1. The van der Waals surface area contributed by atoms with E-state index in [9.17, 15) is 9.90 Å². The Bertz CT molecular complexity index is 728. The molecule has 0 saturated heterocycles. The predicted molar refractivity (Wildman–Crippen MR) is 87.4 cm³/mol. The summed E-state index contributed by atoms with van der Waals surface area (Å²) in [6.45, 7) is 3.54. The van der Waals surface area contributed by atoms with Crippen LogP contribution in [0.4, 0.5) is 0 Å². The van der Waals surface area contributed by atoms with E-state index in [1.165, 1.54) is 7.11 Å². The van der Waals surface area contributed by atoms with Gasteiger partial charge in [-0.05, 0) is 23.8 Å². The van der Waals surface area contributed by atoms with Crippen LogP contribution in [0.25, 0.3) is 11.1 Å². The molecule has 0 spiro atoms. The Morgan fingerprint density at radius 1 is 1.26 bits per heavy atom. The van der Waals surface area contributed by atoms with Gasteiger partial charge < -0.3 is 14.6 Å². The highest BCUT2D eigenvalue weighted by Gasteiger charge is 2.22. The largest absolute Gasteiger partial charge is 0.497 e. The molecule has 6 heteroatoms. The van der Waals surface area contributed by atoms with E-state index < -0.39 is 12.1 Å². The number of aromatic nitrogens is 1. The third-order valence-corrected chi connectivity index (χ3v) is 3.68. The van der Waals surface area contributed by atoms with Crippen molar-refractivity contribution in [2.75, 3.05) is 14.2 Å². The maximum absolute atomic E-state index is 11.5. The third-order valence-electron chi connectivity index (χ3n) is 3.36. The molecule has 0 amide bonds. The quantitative estimate of drug-likeness (QED) is 0.517. The van der Waals surface area contributed by atoms with Gasteiger partial charge in [0.1, 0.15) is 17.0 Å². The Labute approximate surface area is 139 Å². The summed E-state index contributed by atoms with van der Waals surface area (Å²) in [7, 11) is 2.81. The van der Waals surface area contributed by atoms with Gasteiger partial charge in [-0.1, -0.05) is 30.3 Å². The van der Waals surface area contributed by atoms with Crippen molar-refractivity contribution in [1.29, 1.82) is 0 Å². The van der Waals surface area contributed by atoms with Gasteiger partial charge in [-0.3, -0.25) is 0 Å². The minimum atomic E-state index is -1.29. The fourth-order valence-corrected chi connectivity index (χ4v) is 2.24. The molecule has 120 valence electrons. The average Bonchev–Trinajstić information content (AvgIpc) is 2.60. The summed E-state index contributed by atoms with van der Waals surface area (Å²) in [6.07, 6.45) is 0.294. The molecule has 2 rings (SSSR count). The first-order chi connectivity index (χ1) is 11.0. The van der Waals surface area contributed by atoms with Gasteiger partial charge in [-0.2, -0.15) is 0 Å². The number of pyridine rings is 1. The van der Waals surface area contributed by atoms with E-state index in [1.54, 1.807) is 19.4 Å². The number of aliphatic hydroxyl groups excluding tert-OH is 1. The number of nitrogens with zero attached hydrogens (tertiary/aromatic N) is 1. The molecular weight excluding hydrogens is 318 g/mol. The van der Waals surface area contributed by atoms with Gasteiger partial charge >= 0.3 is 5.97 Å². The highest BCUT2D eigenvalue weighted by Crippen LogP contribution is 2.31. The molecular formula is C17H16ClNO4. The minimum Gasteiger partial charge on any atom is -0.497 e. The second kappa shape index (κ2) is 7.26. The Kier molecular flexibility index (Phi) is 5.36. The number of hydrogen-bond acceptors (Lipinski definition) is 5. The molecule has 0 aliphatic rings. The van der Waals surface area contributed by atoms with Crippen LogP contribution in [0.5, 0.6) is 5.75 Å². The van der Waals surface area contributed by atoms with Crippen LogP contribution in [0.1, 0.15) is 11.7 Å². The monoisotopic (exact) mass is 333 g/mol. The molecule has 0 fully saturated rings. The molecule has 0 aliphatic heterocycles. The van der Waals surface area contributed by atoms with Gasteiger partial charge in [0.05, 0.1) is 19.8 Å². The SMILES string of the molecule is C=C(C(=O)OC)C(O)c1cc(-c2ccc(OC)cc2)cnc1Cl. The van der Waals surface area contributed by atoms with Gasteiger partial charge in [0.15, 0.2) is 0 Å². The lowest BCUT2D eigenvalue weighted by atomic mass is 10.0. The van der Waals surface area contributed by atoms with Crippen molar-refractivity contribution in [2.24, 2.45) is 0 Å². The van der Waals surface area contributed by atoms with Gasteiger partial charge in [-0.15, -0.1) is 0 Å². The van der Waals surface area contributed by atoms with E-state index >= 15 is 0 Å². The summed E-state index contributed by atoms with van der Waals surface area (Å²) < 4.78 is 9.68. The van der Waals surface area contributed by atoms with Crippen molar-refractivity contribution in [2.45, 2.75) is 6.10 Å². The molecule has 0 bridgehead atoms. The molecule has 1 aromatic carbocycles. The normalized spacial score (nSPS) is 11.7. The molecule has 5 nitrogen and oxygen atoms in total. The average molecular weight is 334 g/mol. The van der Waals surface area contributed by atoms with E-state index in [0.29, 0.717) is 0 Å². The maximum atomic E-state index is 11.5. The van der Waals surface area contributed by atoms with E-state index in [1.807, 2.05) is 24.3 Å². The predicted octanol–water partition coefficient (Wildman–Crippen LogP) is 3.17. The first kappa shape index (κ1) is 17.0. The van der Waals surface area contributed by atoms with E-state index in [2.05, 4.69) is 16.3 Å². The van der Waals surface area contributed by atoms with Gasteiger partial charge in [0.25, 0.3) is 0 Å². The molecule has 1 N–H and O–H groups in total. The van der Waals surface area contributed by atoms with Crippen LogP contribution < -0.4 is 4.74 Å². The minimum absolute atomic E-state index is 0.0971. The van der Waals surface area contributed by atoms with Crippen molar-refractivity contribution in [3.63, 3.8) is 0 Å². The standard InChI is InChI=1S/C17H16ClNO4/c1-10(17(21)23-3)15(20)14-8-12(9-19-16(14)18)11-4-6-13(22-2)7-5-11/h4-9,15,20H,1H2,2-3H3. The van der Waals surface area contributed by atoms with Crippen molar-refractivity contribution >= 4 is 17.6 Å². The van der Waals surface area contributed by atoms with Gasteiger partial charge in [-0.25, -0.2) is 9.78 Å². The zero-order valence-electron chi connectivity index (χ0n) is 12.7. The van der Waals surface area contributed by atoms with Gasteiger partial charge in [0, 0.05) is 17.3 Å². The number of rotatable bonds is 5. The van der Waals surface area contributed by atoms with E-state index in [-0.39, 0.29) is 16.3 Å². The Balaban J connectivity index is 2.38. The number of halogens is 1. The van der Waals surface area contributed by atoms with Crippen LogP contribution in [0.2, 0.25) is 5.15 Å². The summed E-state index contributed by atoms with van der Waals surface area (Å²) in [5.41, 5.74) is 1.79. The summed E-state index contributed by atoms with van der Waals surface area (Å²) in [4.78, 5) is 15.6. The highest BCUT2D eigenvalue weighted by atomic mass is 35.5. The Morgan fingerprint density at radius 2 is 1.91 bits per heavy atom. The molecule has 0 saturated carbocycles. The zero-order chi connectivity index (χ0) is 17.0. The van der Waals surface area contributed by atoms with Gasteiger partial charge in [0.2, 0.25) is 0 Å². The second-order valence-electron chi connectivity index (χ2n) is 4.75. The summed E-state index contributed by atoms with van der Waals surface area (Å²) in [5, 5.41) is 10.4. The number of carbonyl (C=O) groups excluding carboxylic acids is 1. The fourth-order valence-electron chi connectivity index (χ4n) is 2.03. The summed E-state index contributed by atoms with van der Waals surface area (Å²) in [5.74, 6) is 0.0263. The van der Waals surface area contributed by atoms with Crippen molar-refractivity contribution in [1.82, 2.24) is 4.98 Å². The summed E-state index contributed by atoms with van der Waals surface area (Å²) >= 11 is 6.03. The van der Waals surface area contributed by atoms with Crippen LogP contribution >= 0.6 is 11.6 Å². The Morgan fingerprint density at radius 3 is 2.48 bits per heavy atom. The molecule has 1 heterocycles. The lowest BCUT2D eigenvalue weighted by Gasteiger charge is -2.14. The van der Waals surface area contributed by atoms with Crippen LogP contribution in [-0.4, -0.2) is 30.3 Å². The number of methoxy groups -OCH3 is 2. The molecule has 1 atom stereocenters. The lowest BCUT2D eigenvalue weighted by molar-refractivity contribution is -0.137. The number of carbonyl (C=O) groups is 1. The zero-order valence-corrected chi connectivity index (χ0v) is 13.5. The molecule has 0 aliphatic carbocycles. The second-order valence-corrected chi connectivity index (χ2v) is 5.11. The first-order valence-corrected chi connectivity index (χ1v) is 7.10. The number of hydrogen-bond donors (Lipinski definition) is 1. The molecule has 0 radical (unpaired) electrons. The fraction of sp³-hybridized carbons (Fsp3) is 0.176. The van der Waals surface area contributed by atoms with Crippen molar-refractivity contribution < 1.29 is 19.4 Å². The van der Waals surface area contributed by atoms with Crippen LogP contribution in [0, 0.1) is 0 Å². The van der Waals surface area contributed by atoms with E-state index in [4.69, 9.17) is 16.3 Å². The number of ether oxygens (including phenoxy) is 2. The number of benzene rings is 1. The van der Waals surface area contributed by atoms with E-state index in [0.717, 1.165) is 16.9 Å². The molecule has 2 aromatic rings. The molecule has 23 heavy (non-hydrogen) atoms. The third kappa shape index (κ3) is 3.70. The van der Waals surface area contributed by atoms with Crippen molar-refractivity contribution in [3.05, 3.63) is 59.4 Å². The van der Waals surface area contributed by atoms with Crippen LogP contribution in [-0.2, 0) is 9.53 Å². The number of aliphatic hydroxyl groups is 1. The van der Waals surface area contributed by atoms with Crippen LogP contribution in [0.15, 0.2) is 48.7 Å². The smallest absolute Gasteiger partial charge is 0.336 e. The molecule has 1 aromatic heterocycles.